The fourth-order valence-corrected chi connectivity index (χ4v) is 2.98. The molecule has 132 valence electrons. The van der Waals surface area contributed by atoms with Gasteiger partial charge in [-0.2, -0.15) is 0 Å². The Balaban J connectivity index is 1.66. The van der Waals surface area contributed by atoms with Crippen molar-refractivity contribution in [3.63, 3.8) is 0 Å². The zero-order chi connectivity index (χ0) is 18.5. The molecule has 9 heteroatoms. The van der Waals surface area contributed by atoms with Crippen molar-refractivity contribution >= 4 is 29.0 Å². The van der Waals surface area contributed by atoms with Gasteiger partial charge < -0.3 is 5.32 Å². The zero-order valence-corrected chi connectivity index (χ0v) is 14.1. The molecule has 0 aliphatic rings. The van der Waals surface area contributed by atoms with E-state index in [0.717, 1.165) is 0 Å². The summed E-state index contributed by atoms with van der Waals surface area (Å²) in [7, 11) is 0. The molecule has 0 saturated heterocycles. The van der Waals surface area contributed by atoms with Gasteiger partial charge in [0.15, 0.2) is 5.16 Å². The van der Waals surface area contributed by atoms with Crippen molar-refractivity contribution < 1.29 is 14.1 Å². The Bertz CT molecular complexity index is 943. The molecule has 0 bridgehead atoms. The Morgan fingerprint density at radius 1 is 1.23 bits per heavy atom. The number of carbonyl (C=O) groups is 1. The van der Waals surface area contributed by atoms with Crippen LogP contribution in [0.5, 0.6) is 0 Å². The molecule has 0 saturated carbocycles. The third-order valence-electron chi connectivity index (χ3n) is 3.43. The number of halogens is 1. The molecule has 26 heavy (non-hydrogen) atoms. The molecule has 0 aliphatic heterocycles. The second-order valence-corrected chi connectivity index (χ2v) is 6.11. The standard InChI is InChI=1S/C17H13FN4O3S/c18-14-3-1-2-4-15(14)20-16(23)11-26-17-19-9-10-21(17)12-5-7-13(8-6-12)22(24)25/h1-10H,11H2,(H,20,23). The number of nitro groups is 1. The first-order valence-corrected chi connectivity index (χ1v) is 8.48. The number of hydrogen-bond acceptors (Lipinski definition) is 5. The van der Waals surface area contributed by atoms with Crippen LogP contribution in [-0.4, -0.2) is 26.1 Å². The largest absolute Gasteiger partial charge is 0.323 e. The fraction of sp³-hybridized carbons (Fsp3) is 0.0588. The van der Waals surface area contributed by atoms with E-state index in [1.807, 2.05) is 0 Å². The highest BCUT2D eigenvalue weighted by atomic mass is 32.2. The number of anilines is 1. The number of carbonyl (C=O) groups excluding carboxylic acids is 1. The van der Waals surface area contributed by atoms with Crippen LogP contribution in [0.4, 0.5) is 15.8 Å². The van der Waals surface area contributed by atoms with E-state index in [2.05, 4.69) is 10.3 Å². The maximum Gasteiger partial charge on any atom is 0.269 e. The lowest BCUT2D eigenvalue weighted by Gasteiger charge is -2.08. The van der Waals surface area contributed by atoms with Gasteiger partial charge in [0.05, 0.1) is 16.4 Å². The van der Waals surface area contributed by atoms with E-state index in [4.69, 9.17) is 0 Å². The maximum atomic E-state index is 13.6. The molecule has 0 radical (unpaired) electrons. The SMILES string of the molecule is O=C(CSc1nccn1-c1ccc([N+](=O)[O-])cc1)Nc1ccccc1F. The third kappa shape index (κ3) is 4.06. The van der Waals surface area contributed by atoms with Crippen molar-refractivity contribution in [1.82, 2.24) is 9.55 Å². The number of amides is 1. The molecule has 7 nitrogen and oxygen atoms in total. The first-order valence-electron chi connectivity index (χ1n) is 7.50. The van der Waals surface area contributed by atoms with E-state index in [1.54, 1.807) is 41.2 Å². The minimum absolute atomic E-state index is 0.00710. The van der Waals surface area contributed by atoms with Crippen molar-refractivity contribution in [2.24, 2.45) is 0 Å². The average Bonchev–Trinajstić information content (AvgIpc) is 3.10. The van der Waals surface area contributed by atoms with Gasteiger partial charge in [-0.3, -0.25) is 19.5 Å². The summed E-state index contributed by atoms with van der Waals surface area (Å²) in [5.74, 6) is -0.824. The molecule has 0 spiro atoms. The number of non-ortho nitro benzene ring substituents is 1. The number of para-hydroxylation sites is 1. The first-order chi connectivity index (χ1) is 12.5. The smallest absolute Gasteiger partial charge is 0.269 e. The lowest BCUT2D eigenvalue weighted by atomic mass is 10.3. The van der Waals surface area contributed by atoms with Gasteiger partial charge in [-0.25, -0.2) is 9.37 Å². The Morgan fingerprint density at radius 3 is 2.65 bits per heavy atom. The van der Waals surface area contributed by atoms with Crippen LogP contribution in [0.2, 0.25) is 0 Å². The number of imidazole rings is 1. The lowest BCUT2D eigenvalue weighted by Crippen LogP contribution is -2.15. The Hall–Kier alpha value is -3.20. The molecule has 0 fully saturated rings. The molecular weight excluding hydrogens is 359 g/mol. The van der Waals surface area contributed by atoms with E-state index < -0.39 is 10.7 Å². The van der Waals surface area contributed by atoms with Crippen molar-refractivity contribution in [1.29, 1.82) is 0 Å². The minimum Gasteiger partial charge on any atom is -0.323 e. The highest BCUT2D eigenvalue weighted by molar-refractivity contribution is 7.99. The first kappa shape index (κ1) is 17.6. The summed E-state index contributed by atoms with van der Waals surface area (Å²) in [6, 6.07) is 11.9. The molecule has 2 aromatic carbocycles. The number of nitrogens with one attached hydrogen (secondary N) is 1. The van der Waals surface area contributed by atoms with Crippen molar-refractivity contribution in [3.05, 3.63) is 76.9 Å². The van der Waals surface area contributed by atoms with Gasteiger partial charge in [-0.1, -0.05) is 23.9 Å². The van der Waals surface area contributed by atoms with Crippen LogP contribution < -0.4 is 5.32 Å². The molecule has 0 aliphatic carbocycles. The Labute approximate surface area is 152 Å². The van der Waals surface area contributed by atoms with Crippen molar-refractivity contribution in [3.8, 4) is 5.69 Å². The van der Waals surface area contributed by atoms with Crippen LogP contribution in [0.15, 0.2) is 66.1 Å². The summed E-state index contributed by atoms with van der Waals surface area (Å²) in [6.07, 6.45) is 3.26. The molecule has 1 aromatic heterocycles. The van der Waals surface area contributed by atoms with Gasteiger partial charge in [-0.15, -0.1) is 0 Å². The summed E-state index contributed by atoms with van der Waals surface area (Å²) in [5.41, 5.74) is 0.800. The number of thioether (sulfide) groups is 1. The average molecular weight is 372 g/mol. The van der Waals surface area contributed by atoms with Crippen LogP contribution in [-0.2, 0) is 4.79 Å². The monoisotopic (exact) mass is 372 g/mol. The summed E-state index contributed by atoms with van der Waals surface area (Å²) < 4.78 is 15.3. The van der Waals surface area contributed by atoms with Crippen molar-refractivity contribution in [2.45, 2.75) is 5.16 Å². The fourth-order valence-electron chi connectivity index (χ4n) is 2.21. The molecule has 1 N–H and O–H groups in total. The molecule has 3 rings (SSSR count). The van der Waals surface area contributed by atoms with Gasteiger partial charge in [0, 0.05) is 30.2 Å². The number of aromatic nitrogens is 2. The lowest BCUT2D eigenvalue weighted by molar-refractivity contribution is -0.384. The van der Waals surface area contributed by atoms with Crippen LogP contribution in [0.3, 0.4) is 0 Å². The van der Waals surface area contributed by atoms with E-state index in [1.165, 1.54) is 36.0 Å². The van der Waals surface area contributed by atoms with Crippen molar-refractivity contribution in [2.75, 3.05) is 11.1 Å². The highest BCUT2D eigenvalue weighted by Crippen LogP contribution is 2.22. The summed E-state index contributed by atoms with van der Waals surface area (Å²) in [4.78, 5) is 26.5. The quantitative estimate of drug-likeness (QED) is 0.405. The topological polar surface area (TPSA) is 90.1 Å². The van der Waals surface area contributed by atoms with Gasteiger partial charge >= 0.3 is 0 Å². The summed E-state index contributed by atoms with van der Waals surface area (Å²) >= 11 is 1.18. The zero-order valence-electron chi connectivity index (χ0n) is 13.3. The second kappa shape index (κ2) is 7.79. The molecule has 1 heterocycles. The maximum absolute atomic E-state index is 13.6. The molecular formula is C17H13FN4O3S. The van der Waals surface area contributed by atoms with Crippen LogP contribution in [0.25, 0.3) is 5.69 Å². The minimum atomic E-state index is -0.502. The van der Waals surface area contributed by atoms with E-state index in [9.17, 15) is 19.3 Å². The second-order valence-electron chi connectivity index (χ2n) is 5.17. The number of nitro benzene ring substituents is 1. The summed E-state index contributed by atoms with van der Waals surface area (Å²) in [6.45, 7) is 0. The predicted octanol–water partition coefficient (Wildman–Crippen LogP) is 3.65. The Morgan fingerprint density at radius 2 is 1.96 bits per heavy atom. The predicted molar refractivity (Wildman–Crippen MR) is 96.0 cm³/mol. The van der Waals surface area contributed by atoms with Crippen LogP contribution >= 0.6 is 11.8 Å². The van der Waals surface area contributed by atoms with Gasteiger partial charge in [-0.05, 0) is 24.3 Å². The van der Waals surface area contributed by atoms with E-state index >= 15 is 0 Å². The van der Waals surface area contributed by atoms with Crippen LogP contribution in [0, 0.1) is 15.9 Å². The number of benzene rings is 2. The number of hydrogen-bond donors (Lipinski definition) is 1. The van der Waals surface area contributed by atoms with Gasteiger partial charge in [0.25, 0.3) is 5.69 Å². The number of rotatable bonds is 6. The molecule has 3 aromatic rings. The van der Waals surface area contributed by atoms with Gasteiger partial charge in [0.1, 0.15) is 5.82 Å². The van der Waals surface area contributed by atoms with E-state index in [-0.39, 0.29) is 23.0 Å². The molecule has 0 atom stereocenters. The molecule has 1 amide bonds. The van der Waals surface area contributed by atoms with Gasteiger partial charge in [0.2, 0.25) is 5.91 Å². The Kier molecular flexibility index (Phi) is 5.28. The number of nitrogens with zero attached hydrogens (tertiary/aromatic N) is 3. The normalized spacial score (nSPS) is 10.5. The highest BCUT2D eigenvalue weighted by Gasteiger charge is 2.12. The summed E-state index contributed by atoms with van der Waals surface area (Å²) in [5, 5.41) is 13.8. The van der Waals surface area contributed by atoms with E-state index in [0.29, 0.717) is 10.8 Å². The molecule has 0 unspecified atom stereocenters. The third-order valence-corrected chi connectivity index (χ3v) is 4.39. The van der Waals surface area contributed by atoms with Crippen LogP contribution in [0.1, 0.15) is 0 Å².